The molecule has 5 heteroatoms. The van der Waals surface area contributed by atoms with Crippen LogP contribution in [0.25, 0.3) is 0 Å². The third-order valence-electron chi connectivity index (χ3n) is 2.68. The fourth-order valence-electron chi connectivity index (χ4n) is 1.75. The highest BCUT2D eigenvalue weighted by Crippen LogP contribution is 2.23. The van der Waals surface area contributed by atoms with E-state index in [0.717, 1.165) is 5.56 Å². The van der Waals surface area contributed by atoms with Gasteiger partial charge in [0.05, 0.1) is 5.02 Å². The van der Waals surface area contributed by atoms with Gasteiger partial charge in [0.15, 0.2) is 0 Å². The summed E-state index contributed by atoms with van der Waals surface area (Å²) in [6.45, 7) is 0. The molecule has 4 N–H and O–H groups in total. The van der Waals surface area contributed by atoms with Crippen molar-refractivity contribution in [1.29, 1.82) is 0 Å². The Hall–Kier alpha value is -1.65. The second-order valence-electron chi connectivity index (χ2n) is 4.07. The maximum atomic E-state index is 12.8. The minimum atomic E-state index is -0.318. The van der Waals surface area contributed by atoms with E-state index in [2.05, 4.69) is 4.98 Å². The summed E-state index contributed by atoms with van der Waals surface area (Å²) in [7, 11) is 0. The van der Waals surface area contributed by atoms with Gasteiger partial charge in [-0.15, -0.1) is 0 Å². The highest BCUT2D eigenvalue weighted by Gasteiger charge is 2.12. The molecule has 0 saturated carbocycles. The molecule has 0 bridgehead atoms. The molecule has 1 heterocycles. The normalized spacial score (nSPS) is 12.4. The standard InChI is InChI=1S/C13H13ClFN3/c14-9-6-11(13(17)18-7-9)12(16)5-8-1-3-10(15)4-2-8/h1-4,6-7,12H,5,16H2,(H2,17,18). The van der Waals surface area contributed by atoms with E-state index in [0.29, 0.717) is 22.8 Å². The molecule has 0 saturated heterocycles. The molecule has 0 aliphatic heterocycles. The molecule has 1 unspecified atom stereocenters. The Bertz CT molecular complexity index is 542. The van der Waals surface area contributed by atoms with E-state index in [1.54, 1.807) is 18.2 Å². The predicted octanol–water partition coefficient (Wildman–Crippen LogP) is 2.70. The number of nitrogens with two attached hydrogens (primary N) is 2. The van der Waals surface area contributed by atoms with E-state index in [1.165, 1.54) is 18.3 Å². The van der Waals surface area contributed by atoms with Crippen molar-refractivity contribution < 1.29 is 4.39 Å². The van der Waals surface area contributed by atoms with Crippen molar-refractivity contribution in [3.63, 3.8) is 0 Å². The van der Waals surface area contributed by atoms with E-state index in [1.807, 2.05) is 0 Å². The van der Waals surface area contributed by atoms with Gasteiger partial charge in [-0.1, -0.05) is 23.7 Å². The molecule has 18 heavy (non-hydrogen) atoms. The number of nitrogens with zero attached hydrogens (tertiary/aromatic N) is 1. The number of nitrogen functional groups attached to an aromatic ring is 1. The van der Waals surface area contributed by atoms with Crippen LogP contribution in [0.1, 0.15) is 17.2 Å². The maximum Gasteiger partial charge on any atom is 0.128 e. The Morgan fingerprint density at radius 2 is 1.94 bits per heavy atom. The Morgan fingerprint density at radius 3 is 2.61 bits per heavy atom. The molecule has 1 aromatic heterocycles. The highest BCUT2D eigenvalue weighted by atomic mass is 35.5. The molecule has 94 valence electrons. The first kappa shape index (κ1) is 12.8. The van der Waals surface area contributed by atoms with Crippen molar-refractivity contribution in [3.8, 4) is 0 Å². The van der Waals surface area contributed by atoms with Crippen LogP contribution in [-0.2, 0) is 6.42 Å². The first-order valence-corrected chi connectivity index (χ1v) is 5.85. The molecule has 2 rings (SSSR count). The SMILES string of the molecule is Nc1ncc(Cl)cc1C(N)Cc1ccc(F)cc1. The monoisotopic (exact) mass is 265 g/mol. The molecular formula is C13H13ClFN3. The van der Waals surface area contributed by atoms with Crippen LogP contribution in [0.4, 0.5) is 10.2 Å². The third kappa shape index (κ3) is 2.97. The van der Waals surface area contributed by atoms with Gasteiger partial charge >= 0.3 is 0 Å². The smallest absolute Gasteiger partial charge is 0.128 e. The van der Waals surface area contributed by atoms with Gasteiger partial charge in [0.1, 0.15) is 11.6 Å². The number of rotatable bonds is 3. The molecule has 2 aromatic rings. The van der Waals surface area contributed by atoms with Crippen LogP contribution in [0.3, 0.4) is 0 Å². The molecule has 0 spiro atoms. The van der Waals surface area contributed by atoms with Crippen LogP contribution >= 0.6 is 11.6 Å². The van der Waals surface area contributed by atoms with Gasteiger partial charge in [-0.2, -0.15) is 0 Å². The van der Waals surface area contributed by atoms with Crippen LogP contribution in [0.5, 0.6) is 0 Å². The van der Waals surface area contributed by atoms with Gasteiger partial charge in [0.2, 0.25) is 0 Å². The first-order chi connectivity index (χ1) is 8.56. The summed E-state index contributed by atoms with van der Waals surface area (Å²) in [6.07, 6.45) is 2.03. The quantitative estimate of drug-likeness (QED) is 0.897. The van der Waals surface area contributed by atoms with Crippen LogP contribution in [-0.4, -0.2) is 4.98 Å². The Labute approximate surface area is 110 Å². The van der Waals surface area contributed by atoms with E-state index < -0.39 is 0 Å². The summed E-state index contributed by atoms with van der Waals surface area (Å²) in [5, 5.41) is 0.494. The minimum absolute atomic E-state index is 0.267. The fourth-order valence-corrected chi connectivity index (χ4v) is 1.91. The zero-order valence-electron chi connectivity index (χ0n) is 9.61. The van der Waals surface area contributed by atoms with Crippen LogP contribution in [0.2, 0.25) is 5.02 Å². The van der Waals surface area contributed by atoms with E-state index in [4.69, 9.17) is 23.1 Å². The lowest BCUT2D eigenvalue weighted by Crippen LogP contribution is -2.16. The Balaban J connectivity index is 2.18. The first-order valence-electron chi connectivity index (χ1n) is 5.47. The number of aromatic nitrogens is 1. The third-order valence-corrected chi connectivity index (χ3v) is 2.89. The lowest BCUT2D eigenvalue weighted by molar-refractivity contribution is 0.625. The Kier molecular flexibility index (Phi) is 3.79. The van der Waals surface area contributed by atoms with Gasteiger partial charge in [0.25, 0.3) is 0 Å². The molecule has 1 atom stereocenters. The van der Waals surface area contributed by atoms with Crippen LogP contribution in [0.15, 0.2) is 36.5 Å². The summed E-state index contributed by atoms with van der Waals surface area (Å²) >= 11 is 5.86. The number of pyridine rings is 1. The predicted molar refractivity (Wildman–Crippen MR) is 70.7 cm³/mol. The lowest BCUT2D eigenvalue weighted by Gasteiger charge is -2.14. The van der Waals surface area contributed by atoms with Gasteiger partial charge in [-0.3, -0.25) is 0 Å². The molecule has 3 nitrogen and oxygen atoms in total. The number of anilines is 1. The summed E-state index contributed by atoms with van der Waals surface area (Å²) in [4.78, 5) is 3.96. The summed E-state index contributed by atoms with van der Waals surface area (Å²) in [5.41, 5.74) is 13.5. The van der Waals surface area contributed by atoms with Crippen molar-refractivity contribution in [1.82, 2.24) is 4.98 Å². The minimum Gasteiger partial charge on any atom is -0.383 e. The second kappa shape index (κ2) is 5.33. The Morgan fingerprint density at radius 1 is 1.28 bits per heavy atom. The lowest BCUT2D eigenvalue weighted by atomic mass is 10.0. The zero-order chi connectivity index (χ0) is 13.1. The fraction of sp³-hybridized carbons (Fsp3) is 0.154. The van der Waals surface area contributed by atoms with Crippen LogP contribution in [0, 0.1) is 5.82 Å². The average Bonchev–Trinajstić information content (AvgIpc) is 2.35. The summed E-state index contributed by atoms with van der Waals surface area (Å²) < 4.78 is 12.8. The van der Waals surface area contributed by atoms with Crippen molar-refractivity contribution in [2.45, 2.75) is 12.5 Å². The topological polar surface area (TPSA) is 64.9 Å². The van der Waals surface area contributed by atoms with Gasteiger partial charge < -0.3 is 11.5 Å². The molecule has 0 radical (unpaired) electrons. The number of halogens is 2. The largest absolute Gasteiger partial charge is 0.383 e. The van der Waals surface area contributed by atoms with Gasteiger partial charge in [-0.05, 0) is 30.2 Å². The molecule has 0 amide bonds. The number of hydrogen-bond donors (Lipinski definition) is 2. The molecule has 0 aliphatic rings. The zero-order valence-corrected chi connectivity index (χ0v) is 10.4. The second-order valence-corrected chi connectivity index (χ2v) is 4.50. The molecular weight excluding hydrogens is 253 g/mol. The number of benzene rings is 1. The van der Waals surface area contributed by atoms with Crippen molar-refractivity contribution in [2.75, 3.05) is 5.73 Å². The molecule has 0 aliphatic carbocycles. The maximum absolute atomic E-state index is 12.8. The van der Waals surface area contributed by atoms with Crippen LogP contribution < -0.4 is 11.5 Å². The van der Waals surface area contributed by atoms with E-state index in [9.17, 15) is 4.39 Å². The van der Waals surface area contributed by atoms with E-state index in [-0.39, 0.29) is 11.9 Å². The summed E-state index contributed by atoms with van der Waals surface area (Å²) in [5.74, 6) is 0.102. The average molecular weight is 266 g/mol. The number of hydrogen-bond acceptors (Lipinski definition) is 3. The molecule has 1 aromatic carbocycles. The molecule has 0 fully saturated rings. The van der Waals surface area contributed by atoms with E-state index >= 15 is 0 Å². The van der Waals surface area contributed by atoms with Crippen molar-refractivity contribution in [3.05, 3.63) is 58.5 Å². The van der Waals surface area contributed by atoms with Crippen molar-refractivity contribution in [2.24, 2.45) is 5.73 Å². The van der Waals surface area contributed by atoms with Gasteiger partial charge in [-0.25, -0.2) is 9.37 Å². The highest BCUT2D eigenvalue weighted by molar-refractivity contribution is 6.30. The van der Waals surface area contributed by atoms with Gasteiger partial charge in [0, 0.05) is 17.8 Å². The van der Waals surface area contributed by atoms with Crippen molar-refractivity contribution >= 4 is 17.4 Å². The summed E-state index contributed by atoms with van der Waals surface area (Å²) in [6, 6.07) is 7.59.